The first-order valence-corrected chi connectivity index (χ1v) is 7.85. The Bertz CT molecular complexity index is 678. The minimum absolute atomic E-state index is 0.102. The SMILES string of the molecule is CCN(C(=O)c1nc(C)n(-c2ccc(F)cc2)n1)[C@H](C)C(C)C. The number of nitrogens with zero attached hydrogens (tertiary/aromatic N) is 4. The Balaban J connectivity index is 2.32. The van der Waals surface area contributed by atoms with E-state index in [1.165, 1.54) is 12.1 Å². The molecule has 0 saturated carbocycles. The van der Waals surface area contributed by atoms with Crippen LogP contribution in [0.25, 0.3) is 5.69 Å². The summed E-state index contributed by atoms with van der Waals surface area (Å²) in [5.74, 6) is 0.608. The van der Waals surface area contributed by atoms with E-state index in [9.17, 15) is 9.18 Å². The number of halogens is 1. The van der Waals surface area contributed by atoms with Gasteiger partial charge in [-0.3, -0.25) is 4.79 Å². The maximum Gasteiger partial charge on any atom is 0.293 e. The third-order valence-electron chi connectivity index (χ3n) is 4.09. The maximum absolute atomic E-state index is 13.0. The van der Waals surface area contributed by atoms with Gasteiger partial charge in [-0.05, 0) is 51.0 Å². The monoisotopic (exact) mass is 318 g/mol. The number of rotatable bonds is 5. The van der Waals surface area contributed by atoms with Crippen LogP contribution >= 0.6 is 0 Å². The smallest absolute Gasteiger partial charge is 0.293 e. The van der Waals surface area contributed by atoms with Gasteiger partial charge in [0.05, 0.1) is 5.69 Å². The average molecular weight is 318 g/mol. The van der Waals surface area contributed by atoms with Crippen molar-refractivity contribution in [3.8, 4) is 5.69 Å². The van der Waals surface area contributed by atoms with Gasteiger partial charge >= 0.3 is 0 Å². The lowest BCUT2D eigenvalue weighted by atomic mass is 10.0. The number of carbonyl (C=O) groups excluding carboxylic acids is 1. The van der Waals surface area contributed by atoms with Gasteiger partial charge in [-0.2, -0.15) is 0 Å². The van der Waals surface area contributed by atoms with Gasteiger partial charge in [0.1, 0.15) is 11.6 Å². The van der Waals surface area contributed by atoms with Crippen molar-refractivity contribution in [2.45, 2.75) is 40.7 Å². The fourth-order valence-electron chi connectivity index (χ4n) is 2.41. The van der Waals surface area contributed by atoms with Crippen LogP contribution in [0, 0.1) is 18.7 Å². The van der Waals surface area contributed by atoms with E-state index < -0.39 is 0 Å². The lowest BCUT2D eigenvalue weighted by Gasteiger charge is -2.29. The Labute approximate surface area is 136 Å². The molecule has 1 aromatic carbocycles. The molecule has 1 amide bonds. The van der Waals surface area contributed by atoms with Gasteiger partial charge in [-0.15, -0.1) is 5.10 Å². The maximum atomic E-state index is 13.0. The molecule has 0 saturated heterocycles. The molecule has 0 N–H and O–H groups in total. The molecule has 0 aliphatic heterocycles. The van der Waals surface area contributed by atoms with Crippen LogP contribution in [0.2, 0.25) is 0 Å². The topological polar surface area (TPSA) is 51.0 Å². The first-order valence-electron chi connectivity index (χ1n) is 7.85. The van der Waals surface area contributed by atoms with E-state index in [1.54, 1.807) is 28.6 Å². The molecule has 0 fully saturated rings. The van der Waals surface area contributed by atoms with Crippen LogP contribution in [-0.2, 0) is 0 Å². The Morgan fingerprint density at radius 2 is 1.87 bits per heavy atom. The molecule has 0 unspecified atom stereocenters. The number of benzene rings is 1. The highest BCUT2D eigenvalue weighted by Gasteiger charge is 2.26. The lowest BCUT2D eigenvalue weighted by Crippen LogP contribution is -2.41. The summed E-state index contributed by atoms with van der Waals surface area (Å²) in [7, 11) is 0. The highest BCUT2D eigenvalue weighted by atomic mass is 19.1. The number of carbonyl (C=O) groups is 1. The summed E-state index contributed by atoms with van der Waals surface area (Å²) >= 11 is 0. The molecule has 0 aliphatic carbocycles. The summed E-state index contributed by atoms with van der Waals surface area (Å²) in [4.78, 5) is 18.8. The second kappa shape index (κ2) is 6.89. The Morgan fingerprint density at radius 1 is 1.26 bits per heavy atom. The molecular formula is C17H23FN4O. The van der Waals surface area contributed by atoms with E-state index in [-0.39, 0.29) is 23.6 Å². The minimum atomic E-state index is -0.314. The third-order valence-corrected chi connectivity index (χ3v) is 4.09. The highest BCUT2D eigenvalue weighted by Crippen LogP contribution is 2.15. The molecule has 1 heterocycles. The van der Waals surface area contributed by atoms with Gasteiger partial charge in [0.25, 0.3) is 5.91 Å². The van der Waals surface area contributed by atoms with Crippen LogP contribution in [-0.4, -0.2) is 38.2 Å². The van der Waals surface area contributed by atoms with E-state index in [0.717, 1.165) is 0 Å². The number of amides is 1. The third kappa shape index (κ3) is 3.57. The predicted molar refractivity (Wildman–Crippen MR) is 87.1 cm³/mol. The van der Waals surface area contributed by atoms with Crippen molar-refractivity contribution < 1.29 is 9.18 Å². The number of hydrogen-bond donors (Lipinski definition) is 0. The molecule has 2 rings (SSSR count). The second-order valence-corrected chi connectivity index (χ2v) is 5.95. The van der Waals surface area contributed by atoms with Crippen LogP contribution in [0.3, 0.4) is 0 Å². The molecule has 124 valence electrons. The van der Waals surface area contributed by atoms with Gasteiger partial charge < -0.3 is 4.90 Å². The summed E-state index contributed by atoms with van der Waals surface area (Å²) in [5, 5.41) is 4.31. The van der Waals surface area contributed by atoms with E-state index in [1.807, 2.05) is 13.8 Å². The normalized spacial score (nSPS) is 12.5. The molecule has 0 radical (unpaired) electrons. The summed E-state index contributed by atoms with van der Waals surface area (Å²) < 4.78 is 14.6. The zero-order chi connectivity index (χ0) is 17.1. The van der Waals surface area contributed by atoms with Crippen LogP contribution in [0.4, 0.5) is 4.39 Å². The van der Waals surface area contributed by atoms with Gasteiger partial charge in [-0.1, -0.05) is 13.8 Å². The van der Waals surface area contributed by atoms with E-state index in [0.29, 0.717) is 24.0 Å². The summed E-state index contributed by atoms with van der Waals surface area (Å²) in [6, 6.07) is 6.04. The van der Waals surface area contributed by atoms with Crippen molar-refractivity contribution >= 4 is 5.91 Å². The van der Waals surface area contributed by atoms with Crippen molar-refractivity contribution in [2.75, 3.05) is 6.54 Å². The summed E-state index contributed by atoms with van der Waals surface area (Å²) in [6.07, 6.45) is 0. The van der Waals surface area contributed by atoms with Crippen molar-refractivity contribution in [3.63, 3.8) is 0 Å². The van der Waals surface area contributed by atoms with E-state index in [2.05, 4.69) is 23.9 Å². The molecule has 0 spiro atoms. The largest absolute Gasteiger partial charge is 0.333 e. The molecule has 6 heteroatoms. The molecule has 1 atom stereocenters. The molecule has 5 nitrogen and oxygen atoms in total. The number of hydrogen-bond acceptors (Lipinski definition) is 3. The second-order valence-electron chi connectivity index (χ2n) is 5.95. The van der Waals surface area contributed by atoms with Gasteiger partial charge in [0.2, 0.25) is 5.82 Å². The quantitative estimate of drug-likeness (QED) is 0.850. The van der Waals surface area contributed by atoms with Crippen molar-refractivity contribution in [1.82, 2.24) is 19.7 Å². The summed E-state index contributed by atoms with van der Waals surface area (Å²) in [6.45, 7) is 10.5. The molecule has 0 bridgehead atoms. The summed E-state index contributed by atoms with van der Waals surface area (Å²) in [5.41, 5.74) is 0.676. The highest BCUT2D eigenvalue weighted by molar-refractivity contribution is 5.90. The van der Waals surface area contributed by atoms with Gasteiger partial charge in [-0.25, -0.2) is 14.1 Å². The molecule has 1 aromatic heterocycles. The number of aryl methyl sites for hydroxylation is 1. The molecule has 23 heavy (non-hydrogen) atoms. The molecule has 2 aromatic rings. The van der Waals surface area contributed by atoms with Gasteiger partial charge in [0, 0.05) is 12.6 Å². The first kappa shape index (κ1) is 17.1. The fraction of sp³-hybridized carbons (Fsp3) is 0.471. The van der Waals surface area contributed by atoms with Crippen molar-refractivity contribution in [1.29, 1.82) is 0 Å². The molecule has 0 aliphatic rings. The Kier molecular flexibility index (Phi) is 5.13. The first-order chi connectivity index (χ1) is 10.8. The zero-order valence-corrected chi connectivity index (χ0v) is 14.2. The Hall–Kier alpha value is -2.24. The van der Waals surface area contributed by atoms with E-state index in [4.69, 9.17) is 0 Å². The Morgan fingerprint density at radius 3 is 2.39 bits per heavy atom. The van der Waals surface area contributed by atoms with Crippen molar-refractivity contribution in [2.24, 2.45) is 5.92 Å². The number of aromatic nitrogens is 3. The average Bonchev–Trinajstić information content (AvgIpc) is 2.90. The van der Waals surface area contributed by atoms with Crippen LogP contribution < -0.4 is 0 Å². The van der Waals surface area contributed by atoms with Crippen LogP contribution in [0.5, 0.6) is 0 Å². The van der Waals surface area contributed by atoms with Crippen molar-refractivity contribution in [3.05, 3.63) is 41.7 Å². The van der Waals surface area contributed by atoms with Crippen LogP contribution in [0.15, 0.2) is 24.3 Å². The minimum Gasteiger partial charge on any atom is -0.333 e. The standard InChI is InChI=1S/C17H23FN4O/c1-6-21(12(4)11(2)3)17(23)16-19-13(5)22(20-16)15-9-7-14(18)8-10-15/h7-12H,6H2,1-5H3/t12-/m1/s1. The fourth-order valence-corrected chi connectivity index (χ4v) is 2.41. The van der Waals surface area contributed by atoms with Crippen LogP contribution in [0.1, 0.15) is 44.1 Å². The van der Waals surface area contributed by atoms with Gasteiger partial charge in [0.15, 0.2) is 0 Å². The predicted octanol–water partition coefficient (Wildman–Crippen LogP) is 3.22. The van der Waals surface area contributed by atoms with E-state index >= 15 is 0 Å². The molecular weight excluding hydrogens is 295 g/mol. The zero-order valence-electron chi connectivity index (χ0n) is 14.2. The lowest BCUT2D eigenvalue weighted by molar-refractivity contribution is 0.0648.